The van der Waals surface area contributed by atoms with Crippen molar-refractivity contribution in [1.29, 1.82) is 0 Å². The number of nitrogens with zero attached hydrogens (tertiary/aromatic N) is 1. The lowest BCUT2D eigenvalue weighted by Crippen LogP contribution is -2.41. The zero-order valence-corrected chi connectivity index (χ0v) is 13.3. The van der Waals surface area contributed by atoms with Gasteiger partial charge < -0.3 is 14.2 Å². The van der Waals surface area contributed by atoms with E-state index in [0.717, 1.165) is 5.56 Å². The topological polar surface area (TPSA) is 65.1 Å². The minimum atomic E-state index is -0.570. The third-order valence-corrected chi connectivity index (χ3v) is 3.08. The minimum Gasteiger partial charge on any atom is -0.490 e. The number of rotatable bonds is 2. The van der Waals surface area contributed by atoms with Crippen LogP contribution in [-0.4, -0.2) is 37.9 Å². The van der Waals surface area contributed by atoms with Crippen molar-refractivity contribution < 1.29 is 23.8 Å². The highest BCUT2D eigenvalue weighted by molar-refractivity contribution is 5.90. The molecule has 1 amide bonds. The molecule has 0 saturated heterocycles. The van der Waals surface area contributed by atoms with Crippen LogP contribution < -0.4 is 9.64 Å². The molecule has 6 heteroatoms. The number of anilines is 1. The van der Waals surface area contributed by atoms with E-state index in [2.05, 4.69) is 4.74 Å². The van der Waals surface area contributed by atoms with Gasteiger partial charge in [0.15, 0.2) is 0 Å². The number of benzene rings is 1. The Labute approximate surface area is 129 Å². The number of fused-ring (bicyclic) bond motifs is 1. The van der Waals surface area contributed by atoms with Gasteiger partial charge in [-0.25, -0.2) is 4.79 Å². The predicted octanol–water partition coefficient (Wildman–Crippen LogP) is 2.54. The van der Waals surface area contributed by atoms with Crippen LogP contribution in [0, 0.1) is 0 Å². The number of amides is 1. The van der Waals surface area contributed by atoms with Gasteiger partial charge in [-0.05, 0) is 38.5 Å². The van der Waals surface area contributed by atoms with E-state index < -0.39 is 11.7 Å². The fourth-order valence-electron chi connectivity index (χ4n) is 2.12. The van der Waals surface area contributed by atoms with Crippen LogP contribution in [0.5, 0.6) is 5.75 Å². The fraction of sp³-hybridized carbons (Fsp3) is 0.500. The van der Waals surface area contributed by atoms with Crippen molar-refractivity contribution in [3.63, 3.8) is 0 Å². The van der Waals surface area contributed by atoms with Crippen LogP contribution in [-0.2, 0) is 20.7 Å². The molecule has 0 N–H and O–H groups in total. The summed E-state index contributed by atoms with van der Waals surface area (Å²) in [4.78, 5) is 25.2. The second-order valence-corrected chi connectivity index (χ2v) is 6.04. The van der Waals surface area contributed by atoms with E-state index in [1.165, 1.54) is 12.0 Å². The minimum absolute atomic E-state index is 0.145. The molecule has 2 rings (SSSR count). The predicted molar refractivity (Wildman–Crippen MR) is 81.2 cm³/mol. The van der Waals surface area contributed by atoms with Crippen molar-refractivity contribution in [1.82, 2.24) is 0 Å². The lowest BCUT2D eigenvalue weighted by Gasteiger charge is -2.31. The molecule has 0 bridgehead atoms. The Morgan fingerprint density at radius 1 is 1.32 bits per heavy atom. The Bertz CT molecular complexity index is 576. The van der Waals surface area contributed by atoms with E-state index in [9.17, 15) is 9.59 Å². The van der Waals surface area contributed by atoms with Crippen molar-refractivity contribution in [2.75, 3.05) is 25.2 Å². The number of ether oxygens (including phenoxy) is 3. The summed E-state index contributed by atoms with van der Waals surface area (Å²) < 4.78 is 15.6. The Kier molecular flexibility index (Phi) is 4.59. The third-order valence-electron chi connectivity index (χ3n) is 3.08. The molecule has 1 aliphatic rings. The molecular formula is C16H21NO5. The highest BCUT2D eigenvalue weighted by Crippen LogP contribution is 2.33. The second kappa shape index (κ2) is 6.25. The summed E-state index contributed by atoms with van der Waals surface area (Å²) in [6, 6.07) is 5.30. The average molecular weight is 307 g/mol. The summed E-state index contributed by atoms with van der Waals surface area (Å²) in [5.74, 6) is 0.270. The first kappa shape index (κ1) is 16.1. The summed E-state index contributed by atoms with van der Waals surface area (Å²) in [5.41, 5.74) is 0.797. The van der Waals surface area contributed by atoms with Gasteiger partial charge in [0, 0.05) is 0 Å². The molecule has 22 heavy (non-hydrogen) atoms. The number of carbonyl (C=O) groups is 2. The zero-order valence-electron chi connectivity index (χ0n) is 13.3. The Balaban J connectivity index is 2.26. The van der Waals surface area contributed by atoms with Gasteiger partial charge in [-0.1, -0.05) is 6.07 Å². The molecule has 0 atom stereocenters. The third kappa shape index (κ3) is 3.90. The van der Waals surface area contributed by atoms with Gasteiger partial charge in [0.1, 0.15) is 18.0 Å². The number of methoxy groups -OCH3 is 1. The second-order valence-electron chi connectivity index (χ2n) is 6.04. The summed E-state index contributed by atoms with van der Waals surface area (Å²) in [7, 11) is 1.34. The van der Waals surface area contributed by atoms with Crippen LogP contribution in [0.4, 0.5) is 10.5 Å². The van der Waals surface area contributed by atoms with E-state index in [-0.39, 0.29) is 12.4 Å². The van der Waals surface area contributed by atoms with Gasteiger partial charge in [0.25, 0.3) is 0 Å². The number of carbonyl (C=O) groups excluding carboxylic acids is 2. The normalized spacial score (nSPS) is 13.9. The summed E-state index contributed by atoms with van der Waals surface area (Å²) >= 11 is 0. The molecule has 0 spiro atoms. The molecule has 1 aromatic rings. The van der Waals surface area contributed by atoms with E-state index >= 15 is 0 Å². The molecule has 1 heterocycles. The van der Waals surface area contributed by atoms with Gasteiger partial charge in [0.2, 0.25) is 0 Å². The maximum Gasteiger partial charge on any atom is 0.415 e. The standard InChI is InChI=1S/C16H21NO5/c1-16(2,3)22-15(19)17-7-8-21-13-6-5-11(9-12(13)17)10-14(18)20-4/h5-6,9H,7-8,10H2,1-4H3. The molecule has 1 aromatic carbocycles. The van der Waals surface area contributed by atoms with Gasteiger partial charge >= 0.3 is 12.1 Å². The van der Waals surface area contributed by atoms with Crippen molar-refractivity contribution >= 4 is 17.7 Å². The highest BCUT2D eigenvalue weighted by Gasteiger charge is 2.28. The zero-order chi connectivity index (χ0) is 16.3. The molecule has 120 valence electrons. The molecule has 0 radical (unpaired) electrons. The van der Waals surface area contributed by atoms with E-state index in [4.69, 9.17) is 9.47 Å². The number of esters is 1. The van der Waals surface area contributed by atoms with Crippen molar-refractivity contribution in [2.24, 2.45) is 0 Å². The maximum atomic E-state index is 12.3. The lowest BCUT2D eigenvalue weighted by molar-refractivity contribution is -0.139. The first-order chi connectivity index (χ1) is 10.3. The van der Waals surface area contributed by atoms with Gasteiger partial charge in [-0.3, -0.25) is 9.69 Å². The highest BCUT2D eigenvalue weighted by atomic mass is 16.6. The first-order valence-electron chi connectivity index (χ1n) is 7.13. The van der Waals surface area contributed by atoms with E-state index in [1.807, 2.05) is 20.8 Å². The maximum absolute atomic E-state index is 12.3. The van der Waals surface area contributed by atoms with Crippen molar-refractivity contribution in [2.45, 2.75) is 32.8 Å². The molecule has 0 unspecified atom stereocenters. The molecule has 6 nitrogen and oxygen atoms in total. The van der Waals surface area contributed by atoms with Crippen LogP contribution in [0.25, 0.3) is 0 Å². The van der Waals surface area contributed by atoms with Crippen LogP contribution in [0.3, 0.4) is 0 Å². The van der Waals surface area contributed by atoms with Gasteiger partial charge in [-0.2, -0.15) is 0 Å². The molecule has 0 aromatic heterocycles. The summed E-state index contributed by atoms with van der Waals surface area (Å²) in [6.45, 7) is 6.27. The molecular weight excluding hydrogens is 286 g/mol. The monoisotopic (exact) mass is 307 g/mol. The van der Waals surface area contributed by atoms with Gasteiger partial charge in [0.05, 0.1) is 25.8 Å². The average Bonchev–Trinajstić information content (AvgIpc) is 2.44. The summed E-state index contributed by atoms with van der Waals surface area (Å²) in [5, 5.41) is 0. The van der Waals surface area contributed by atoms with E-state index in [0.29, 0.717) is 24.6 Å². The van der Waals surface area contributed by atoms with Crippen LogP contribution in [0.15, 0.2) is 18.2 Å². The molecule has 0 fully saturated rings. The lowest BCUT2D eigenvalue weighted by atomic mass is 10.1. The Morgan fingerprint density at radius 2 is 2.05 bits per heavy atom. The molecule has 0 aliphatic carbocycles. The van der Waals surface area contributed by atoms with Crippen molar-refractivity contribution in [3.8, 4) is 5.75 Å². The largest absolute Gasteiger partial charge is 0.490 e. The van der Waals surface area contributed by atoms with Crippen molar-refractivity contribution in [3.05, 3.63) is 23.8 Å². The van der Waals surface area contributed by atoms with Crippen LogP contribution in [0.1, 0.15) is 26.3 Å². The molecule has 0 saturated carbocycles. The van der Waals surface area contributed by atoms with E-state index in [1.54, 1.807) is 18.2 Å². The van der Waals surface area contributed by atoms with Crippen LogP contribution >= 0.6 is 0 Å². The Hall–Kier alpha value is -2.24. The number of hydrogen-bond acceptors (Lipinski definition) is 5. The fourth-order valence-corrected chi connectivity index (χ4v) is 2.12. The molecule has 1 aliphatic heterocycles. The first-order valence-corrected chi connectivity index (χ1v) is 7.13. The Morgan fingerprint density at radius 3 is 2.68 bits per heavy atom. The quantitative estimate of drug-likeness (QED) is 0.786. The number of hydrogen-bond donors (Lipinski definition) is 0. The van der Waals surface area contributed by atoms with Gasteiger partial charge in [-0.15, -0.1) is 0 Å². The van der Waals surface area contributed by atoms with Crippen LogP contribution in [0.2, 0.25) is 0 Å². The smallest absolute Gasteiger partial charge is 0.415 e. The summed E-state index contributed by atoms with van der Waals surface area (Å²) in [6.07, 6.45) is -0.279. The SMILES string of the molecule is COC(=O)Cc1ccc2c(c1)N(C(=O)OC(C)(C)C)CCO2.